The molecule has 1 saturated heterocycles. The highest BCUT2D eigenvalue weighted by atomic mass is 79.9. The molecule has 1 amide bonds. The highest BCUT2D eigenvalue weighted by Crippen LogP contribution is 2.23. The minimum Gasteiger partial charge on any atom is -0.439 e. The van der Waals surface area contributed by atoms with Gasteiger partial charge in [-0.1, -0.05) is 28.1 Å². The number of amides is 1. The molecule has 5 heteroatoms. The van der Waals surface area contributed by atoms with E-state index in [1.807, 2.05) is 24.3 Å². The van der Waals surface area contributed by atoms with Crippen LogP contribution in [0.3, 0.4) is 0 Å². The van der Waals surface area contributed by atoms with E-state index in [0.717, 1.165) is 10.0 Å². The van der Waals surface area contributed by atoms with Crippen molar-refractivity contribution in [3.05, 3.63) is 34.3 Å². The fourth-order valence-corrected chi connectivity index (χ4v) is 2.05. The van der Waals surface area contributed by atoms with Gasteiger partial charge in [-0.05, 0) is 24.6 Å². The van der Waals surface area contributed by atoms with Gasteiger partial charge >= 0.3 is 6.09 Å². The number of aliphatic hydroxyl groups excluding tert-OH is 1. The van der Waals surface area contributed by atoms with Gasteiger partial charge in [0.15, 0.2) is 5.60 Å². The van der Waals surface area contributed by atoms with Crippen molar-refractivity contribution in [1.29, 1.82) is 0 Å². The molecular weight excluding hydrogens is 286 g/mol. The van der Waals surface area contributed by atoms with Gasteiger partial charge in [0.1, 0.15) is 0 Å². The lowest BCUT2D eigenvalue weighted by atomic mass is 10.1. The number of benzene rings is 1. The zero-order chi connectivity index (χ0) is 12.5. The second-order valence-electron chi connectivity index (χ2n) is 4.46. The Balaban J connectivity index is 2.05. The lowest BCUT2D eigenvalue weighted by Crippen LogP contribution is -2.34. The predicted molar refractivity (Wildman–Crippen MR) is 66.5 cm³/mol. The maximum absolute atomic E-state index is 11.6. The Bertz CT molecular complexity index is 420. The molecular formula is C12H14BrNO3. The van der Waals surface area contributed by atoms with Crippen LogP contribution >= 0.6 is 15.9 Å². The first kappa shape index (κ1) is 12.4. The predicted octanol–water partition coefficient (Wildman–Crippen LogP) is 2.15. The molecule has 2 rings (SSSR count). The van der Waals surface area contributed by atoms with Gasteiger partial charge in [0.2, 0.25) is 0 Å². The summed E-state index contributed by atoms with van der Waals surface area (Å²) in [6.07, 6.45) is -0.371. The van der Waals surface area contributed by atoms with Gasteiger partial charge in [-0.3, -0.25) is 4.90 Å². The summed E-state index contributed by atoms with van der Waals surface area (Å²) in [4.78, 5) is 13.2. The van der Waals surface area contributed by atoms with Gasteiger partial charge in [-0.2, -0.15) is 0 Å². The summed E-state index contributed by atoms with van der Waals surface area (Å²) in [6, 6.07) is 7.77. The zero-order valence-electron chi connectivity index (χ0n) is 9.52. The molecule has 0 aliphatic carbocycles. The Hall–Kier alpha value is -1.07. The molecule has 0 radical (unpaired) electrons. The standard InChI is InChI=1S/C12H14BrNO3/c1-12(8-15)7-14(11(16)17-12)6-9-2-4-10(13)5-3-9/h2-5,15H,6-8H2,1H3. The maximum Gasteiger partial charge on any atom is 0.410 e. The minimum absolute atomic E-state index is 0.157. The molecule has 92 valence electrons. The quantitative estimate of drug-likeness (QED) is 0.930. The number of halogens is 1. The topological polar surface area (TPSA) is 49.8 Å². The van der Waals surface area contributed by atoms with Crippen LogP contribution in [0, 0.1) is 0 Å². The van der Waals surface area contributed by atoms with Crippen LogP contribution in [0.25, 0.3) is 0 Å². The fourth-order valence-electron chi connectivity index (χ4n) is 1.79. The number of carbonyl (C=O) groups excluding carboxylic acids is 1. The zero-order valence-corrected chi connectivity index (χ0v) is 11.1. The molecule has 4 nitrogen and oxygen atoms in total. The van der Waals surface area contributed by atoms with Crippen LogP contribution in [-0.2, 0) is 11.3 Å². The summed E-state index contributed by atoms with van der Waals surface area (Å²) in [5.74, 6) is 0. The second kappa shape index (κ2) is 4.66. The average molecular weight is 300 g/mol. The van der Waals surface area contributed by atoms with Gasteiger partial charge in [-0.25, -0.2) is 4.79 Å². The van der Waals surface area contributed by atoms with E-state index in [-0.39, 0.29) is 12.7 Å². The monoisotopic (exact) mass is 299 g/mol. The molecule has 0 spiro atoms. The lowest BCUT2D eigenvalue weighted by molar-refractivity contribution is 0.0219. The molecule has 1 atom stereocenters. The van der Waals surface area contributed by atoms with Gasteiger partial charge in [0.05, 0.1) is 13.2 Å². The van der Waals surface area contributed by atoms with Crippen molar-refractivity contribution < 1.29 is 14.6 Å². The summed E-state index contributed by atoms with van der Waals surface area (Å²) in [5, 5.41) is 9.15. The van der Waals surface area contributed by atoms with E-state index in [1.165, 1.54) is 0 Å². The number of rotatable bonds is 3. The number of nitrogens with zero attached hydrogens (tertiary/aromatic N) is 1. The summed E-state index contributed by atoms with van der Waals surface area (Å²) in [6.45, 7) is 2.49. The van der Waals surface area contributed by atoms with E-state index in [2.05, 4.69) is 15.9 Å². The van der Waals surface area contributed by atoms with Crippen molar-refractivity contribution in [1.82, 2.24) is 4.90 Å². The van der Waals surface area contributed by atoms with E-state index in [1.54, 1.807) is 11.8 Å². The molecule has 1 aliphatic rings. The Morgan fingerprint density at radius 3 is 2.65 bits per heavy atom. The number of carbonyl (C=O) groups is 1. The Morgan fingerprint density at radius 2 is 2.12 bits per heavy atom. The molecule has 0 bridgehead atoms. The molecule has 1 aromatic rings. The highest BCUT2D eigenvalue weighted by molar-refractivity contribution is 9.10. The second-order valence-corrected chi connectivity index (χ2v) is 5.37. The largest absolute Gasteiger partial charge is 0.439 e. The van der Waals surface area contributed by atoms with Crippen LogP contribution in [0.5, 0.6) is 0 Å². The van der Waals surface area contributed by atoms with Crippen LogP contribution in [0.2, 0.25) is 0 Å². The van der Waals surface area contributed by atoms with E-state index >= 15 is 0 Å². The number of ether oxygens (including phenoxy) is 1. The molecule has 0 aromatic heterocycles. The smallest absolute Gasteiger partial charge is 0.410 e. The maximum atomic E-state index is 11.6. The molecule has 1 unspecified atom stereocenters. The molecule has 0 saturated carbocycles. The van der Waals surface area contributed by atoms with Crippen molar-refractivity contribution in [2.45, 2.75) is 19.1 Å². The first-order valence-electron chi connectivity index (χ1n) is 5.36. The van der Waals surface area contributed by atoms with Gasteiger partial charge in [0.25, 0.3) is 0 Å². The van der Waals surface area contributed by atoms with Crippen molar-refractivity contribution >= 4 is 22.0 Å². The van der Waals surface area contributed by atoms with Crippen LogP contribution in [0.15, 0.2) is 28.7 Å². The Morgan fingerprint density at radius 1 is 1.47 bits per heavy atom. The highest BCUT2D eigenvalue weighted by Gasteiger charge is 2.40. The van der Waals surface area contributed by atoms with E-state index < -0.39 is 5.60 Å². The third-order valence-electron chi connectivity index (χ3n) is 2.74. The first-order valence-corrected chi connectivity index (χ1v) is 6.15. The average Bonchev–Trinajstić information content (AvgIpc) is 2.58. The van der Waals surface area contributed by atoms with Crippen LogP contribution < -0.4 is 0 Å². The summed E-state index contributed by atoms with van der Waals surface area (Å²) in [7, 11) is 0. The summed E-state index contributed by atoms with van der Waals surface area (Å²) < 4.78 is 6.14. The summed E-state index contributed by atoms with van der Waals surface area (Å²) >= 11 is 3.36. The normalized spacial score (nSPS) is 23.9. The van der Waals surface area contributed by atoms with E-state index in [9.17, 15) is 4.79 Å². The number of cyclic esters (lactones) is 1. The third kappa shape index (κ3) is 2.79. The molecule has 1 N–H and O–H groups in total. The molecule has 1 aliphatic heterocycles. The van der Waals surface area contributed by atoms with Gasteiger partial charge < -0.3 is 9.84 Å². The van der Waals surface area contributed by atoms with Crippen molar-refractivity contribution in [2.24, 2.45) is 0 Å². The number of hydrogen-bond donors (Lipinski definition) is 1. The number of aliphatic hydroxyl groups is 1. The summed E-state index contributed by atoms with van der Waals surface area (Å²) in [5.41, 5.74) is 0.263. The molecule has 1 aromatic carbocycles. The van der Waals surface area contributed by atoms with Crippen molar-refractivity contribution in [3.63, 3.8) is 0 Å². The fraction of sp³-hybridized carbons (Fsp3) is 0.417. The SMILES string of the molecule is CC1(CO)CN(Cc2ccc(Br)cc2)C(=O)O1. The Labute approximate surface area is 108 Å². The minimum atomic E-state index is -0.771. The Kier molecular flexibility index (Phi) is 3.40. The lowest BCUT2D eigenvalue weighted by Gasteiger charge is -2.18. The van der Waals surface area contributed by atoms with Crippen molar-refractivity contribution in [3.8, 4) is 0 Å². The number of hydrogen-bond acceptors (Lipinski definition) is 3. The first-order chi connectivity index (χ1) is 8.02. The van der Waals surface area contributed by atoms with Crippen molar-refractivity contribution in [2.75, 3.05) is 13.2 Å². The van der Waals surface area contributed by atoms with E-state index in [4.69, 9.17) is 9.84 Å². The third-order valence-corrected chi connectivity index (χ3v) is 3.27. The van der Waals surface area contributed by atoms with E-state index in [0.29, 0.717) is 13.1 Å². The van der Waals surface area contributed by atoms with Gasteiger partial charge in [0, 0.05) is 11.0 Å². The van der Waals surface area contributed by atoms with Crippen LogP contribution in [0.1, 0.15) is 12.5 Å². The molecule has 17 heavy (non-hydrogen) atoms. The van der Waals surface area contributed by atoms with Crippen LogP contribution in [0.4, 0.5) is 4.79 Å². The molecule has 1 heterocycles. The van der Waals surface area contributed by atoms with Gasteiger partial charge in [-0.15, -0.1) is 0 Å². The molecule has 1 fully saturated rings. The van der Waals surface area contributed by atoms with Crippen LogP contribution in [-0.4, -0.2) is 34.9 Å².